The second kappa shape index (κ2) is 9.67. The third kappa shape index (κ3) is 4.83. The van der Waals surface area contributed by atoms with Crippen molar-refractivity contribution in [3.63, 3.8) is 0 Å². The summed E-state index contributed by atoms with van der Waals surface area (Å²) in [6, 6.07) is 13.4. The monoisotopic (exact) mass is 438 g/mol. The molecule has 1 aliphatic carbocycles. The quantitative estimate of drug-likeness (QED) is 0.536. The highest BCUT2D eigenvalue weighted by molar-refractivity contribution is 6.29. The number of aliphatic hydroxyl groups is 1. The van der Waals surface area contributed by atoms with Gasteiger partial charge in [0.1, 0.15) is 10.9 Å². The van der Waals surface area contributed by atoms with E-state index < -0.39 is 6.10 Å². The van der Waals surface area contributed by atoms with E-state index in [1.807, 2.05) is 43.3 Å². The van der Waals surface area contributed by atoms with Gasteiger partial charge in [-0.15, -0.1) is 0 Å². The van der Waals surface area contributed by atoms with E-state index in [0.29, 0.717) is 29.5 Å². The Morgan fingerprint density at radius 1 is 1.19 bits per heavy atom. The predicted molar refractivity (Wildman–Crippen MR) is 123 cm³/mol. The van der Waals surface area contributed by atoms with Crippen molar-refractivity contribution in [2.24, 2.45) is 0 Å². The fourth-order valence-electron chi connectivity index (χ4n) is 4.30. The number of pyridine rings is 1. The Labute approximate surface area is 187 Å². The Morgan fingerprint density at radius 2 is 1.97 bits per heavy atom. The van der Waals surface area contributed by atoms with E-state index in [1.165, 1.54) is 0 Å². The first kappa shape index (κ1) is 21.6. The molecule has 1 fully saturated rings. The van der Waals surface area contributed by atoms with Crippen molar-refractivity contribution >= 4 is 28.3 Å². The molecule has 1 aromatic heterocycles. The zero-order chi connectivity index (χ0) is 21.8. The number of aromatic nitrogens is 1. The normalized spacial score (nSPS) is 18.7. The van der Waals surface area contributed by atoms with Crippen LogP contribution in [0.4, 0.5) is 0 Å². The molecule has 0 bridgehead atoms. The Bertz CT molecular complexity index is 1070. The summed E-state index contributed by atoms with van der Waals surface area (Å²) in [5.74, 6) is 0.370. The maximum atomic E-state index is 13.3. The Kier molecular flexibility index (Phi) is 6.73. The van der Waals surface area contributed by atoms with Crippen LogP contribution in [-0.4, -0.2) is 34.8 Å². The van der Waals surface area contributed by atoms with E-state index in [2.05, 4.69) is 10.3 Å². The van der Waals surface area contributed by atoms with Gasteiger partial charge in [-0.1, -0.05) is 54.8 Å². The van der Waals surface area contributed by atoms with E-state index in [-0.39, 0.29) is 11.9 Å². The van der Waals surface area contributed by atoms with E-state index in [0.717, 1.165) is 47.6 Å². The number of nitrogens with zero attached hydrogens (tertiary/aromatic N) is 1. The number of hydrogen-bond acceptors (Lipinski definition) is 4. The molecule has 2 atom stereocenters. The summed E-state index contributed by atoms with van der Waals surface area (Å²) >= 11 is 5.94. The number of benzene rings is 2. The van der Waals surface area contributed by atoms with Crippen LogP contribution in [0, 0.1) is 0 Å². The molecular formula is C25H27ClN2O3. The largest absolute Gasteiger partial charge is 0.492 e. The molecule has 4 rings (SSSR count). The van der Waals surface area contributed by atoms with Crippen LogP contribution in [0.2, 0.25) is 5.15 Å². The molecule has 0 aliphatic heterocycles. The number of rotatable bonds is 6. The summed E-state index contributed by atoms with van der Waals surface area (Å²) in [6.45, 7) is 2.37. The van der Waals surface area contributed by atoms with E-state index in [9.17, 15) is 9.90 Å². The van der Waals surface area contributed by atoms with E-state index in [1.54, 1.807) is 12.3 Å². The highest BCUT2D eigenvalue weighted by Crippen LogP contribution is 2.34. The molecule has 2 aromatic carbocycles. The van der Waals surface area contributed by atoms with Crippen molar-refractivity contribution in [2.45, 2.75) is 51.2 Å². The molecule has 162 valence electrons. The van der Waals surface area contributed by atoms with E-state index >= 15 is 0 Å². The third-order valence-corrected chi connectivity index (χ3v) is 6.07. The second-order valence-electron chi connectivity index (χ2n) is 7.99. The highest BCUT2D eigenvalue weighted by atomic mass is 35.5. The molecule has 1 heterocycles. The lowest BCUT2D eigenvalue weighted by molar-refractivity contribution is 0.0715. The fraction of sp³-hybridized carbons (Fsp3) is 0.360. The van der Waals surface area contributed by atoms with Crippen LogP contribution in [0.1, 0.15) is 54.1 Å². The standard InChI is InChI=1S/C25H27ClN2O3/c1-2-31-24-19-8-4-3-7-18(19)17(13-16-11-12-23(26)27-15-16)14-20(24)25(30)28-21-9-5-6-10-22(21)29/h3-4,7-8,11-12,14-15,21-22,29H,2,5-6,9-10,13H2,1H3,(H,28,30)/t21-,22-/m0/s1. The van der Waals surface area contributed by atoms with Crippen LogP contribution < -0.4 is 10.1 Å². The molecule has 1 saturated carbocycles. The van der Waals surface area contributed by atoms with Gasteiger partial charge in [-0.2, -0.15) is 0 Å². The van der Waals surface area contributed by atoms with Crippen LogP contribution in [0.15, 0.2) is 48.7 Å². The molecule has 1 aliphatic rings. The molecule has 3 aromatic rings. The number of nitrogens with one attached hydrogen (secondary N) is 1. The van der Waals surface area contributed by atoms with Crippen molar-refractivity contribution in [3.8, 4) is 5.75 Å². The first-order chi connectivity index (χ1) is 15.1. The molecule has 31 heavy (non-hydrogen) atoms. The maximum absolute atomic E-state index is 13.3. The SMILES string of the molecule is CCOc1c(C(=O)N[C@H]2CCCC[C@@H]2O)cc(Cc2ccc(Cl)nc2)c2ccccc12. The van der Waals surface area contributed by atoms with Gasteiger partial charge < -0.3 is 15.2 Å². The smallest absolute Gasteiger partial charge is 0.255 e. The predicted octanol–water partition coefficient (Wildman–Crippen LogP) is 4.91. The van der Waals surface area contributed by atoms with Crippen LogP contribution in [0.5, 0.6) is 5.75 Å². The van der Waals surface area contributed by atoms with Gasteiger partial charge in [0.05, 0.1) is 24.3 Å². The number of halogens is 1. The topological polar surface area (TPSA) is 71.5 Å². The summed E-state index contributed by atoms with van der Waals surface area (Å²) in [5.41, 5.74) is 2.51. The number of aliphatic hydroxyl groups excluding tert-OH is 1. The highest BCUT2D eigenvalue weighted by Gasteiger charge is 2.27. The van der Waals surface area contributed by atoms with Crippen LogP contribution >= 0.6 is 11.6 Å². The van der Waals surface area contributed by atoms with Crippen LogP contribution in [-0.2, 0) is 6.42 Å². The van der Waals surface area contributed by atoms with Gasteiger partial charge in [-0.25, -0.2) is 4.98 Å². The van der Waals surface area contributed by atoms with Crippen molar-refractivity contribution in [1.29, 1.82) is 0 Å². The zero-order valence-electron chi connectivity index (χ0n) is 17.6. The third-order valence-electron chi connectivity index (χ3n) is 5.84. The molecular weight excluding hydrogens is 412 g/mol. The van der Waals surface area contributed by atoms with Crippen molar-refractivity contribution < 1.29 is 14.6 Å². The number of hydrogen-bond donors (Lipinski definition) is 2. The van der Waals surface area contributed by atoms with Gasteiger partial charge >= 0.3 is 0 Å². The minimum atomic E-state index is -0.506. The Balaban J connectivity index is 1.76. The zero-order valence-corrected chi connectivity index (χ0v) is 18.4. The molecule has 6 heteroatoms. The Morgan fingerprint density at radius 3 is 2.68 bits per heavy atom. The number of fused-ring (bicyclic) bond motifs is 1. The lowest BCUT2D eigenvalue weighted by Crippen LogP contribution is -2.45. The van der Waals surface area contributed by atoms with Gasteiger partial charge in [-0.05, 0) is 54.8 Å². The van der Waals surface area contributed by atoms with Crippen molar-refractivity contribution in [2.75, 3.05) is 6.61 Å². The van der Waals surface area contributed by atoms with Gasteiger partial charge in [-0.3, -0.25) is 4.79 Å². The number of amides is 1. The van der Waals surface area contributed by atoms with Gasteiger partial charge in [0.15, 0.2) is 0 Å². The average molecular weight is 439 g/mol. The second-order valence-corrected chi connectivity index (χ2v) is 8.38. The summed E-state index contributed by atoms with van der Waals surface area (Å²) < 4.78 is 5.96. The van der Waals surface area contributed by atoms with Gasteiger partial charge in [0, 0.05) is 11.6 Å². The van der Waals surface area contributed by atoms with Crippen molar-refractivity contribution in [3.05, 3.63) is 70.5 Å². The minimum absolute atomic E-state index is 0.212. The summed E-state index contributed by atoms with van der Waals surface area (Å²) in [4.78, 5) is 17.5. The molecule has 0 unspecified atom stereocenters. The lowest BCUT2D eigenvalue weighted by Gasteiger charge is -2.28. The summed E-state index contributed by atoms with van der Waals surface area (Å²) in [5, 5.41) is 15.8. The maximum Gasteiger partial charge on any atom is 0.255 e. The molecule has 0 spiro atoms. The molecule has 0 radical (unpaired) electrons. The minimum Gasteiger partial charge on any atom is -0.492 e. The molecule has 5 nitrogen and oxygen atoms in total. The average Bonchev–Trinajstić information content (AvgIpc) is 2.78. The summed E-state index contributed by atoms with van der Waals surface area (Å²) in [6.07, 6.45) is 5.37. The number of ether oxygens (including phenoxy) is 1. The first-order valence-electron chi connectivity index (χ1n) is 10.8. The van der Waals surface area contributed by atoms with Crippen LogP contribution in [0.3, 0.4) is 0 Å². The van der Waals surface area contributed by atoms with Crippen LogP contribution in [0.25, 0.3) is 10.8 Å². The number of carbonyl (C=O) groups excluding carboxylic acids is 1. The molecule has 0 saturated heterocycles. The van der Waals surface area contributed by atoms with Crippen molar-refractivity contribution in [1.82, 2.24) is 10.3 Å². The lowest BCUT2D eigenvalue weighted by atomic mass is 9.91. The summed E-state index contributed by atoms with van der Waals surface area (Å²) in [7, 11) is 0. The molecule has 2 N–H and O–H groups in total. The first-order valence-corrected chi connectivity index (χ1v) is 11.2. The van der Waals surface area contributed by atoms with Gasteiger partial charge in [0.25, 0.3) is 5.91 Å². The Hall–Kier alpha value is -2.63. The molecule has 1 amide bonds. The number of carbonyl (C=O) groups is 1. The van der Waals surface area contributed by atoms with Gasteiger partial charge in [0.2, 0.25) is 0 Å². The fourth-order valence-corrected chi connectivity index (χ4v) is 4.41. The van der Waals surface area contributed by atoms with E-state index in [4.69, 9.17) is 16.3 Å².